The van der Waals surface area contributed by atoms with Gasteiger partial charge in [-0.1, -0.05) is 0 Å². The number of carboxylic acids is 1. The molecule has 84 valence electrons. The van der Waals surface area contributed by atoms with Crippen LogP contribution in [-0.2, 0) is 4.79 Å². The number of hydrogen-bond donors (Lipinski definition) is 1. The lowest BCUT2D eigenvalue weighted by Crippen LogP contribution is -1.98. The van der Waals surface area contributed by atoms with Gasteiger partial charge in [-0.15, -0.1) is 0 Å². The zero-order valence-corrected chi connectivity index (χ0v) is 7.68. The summed E-state index contributed by atoms with van der Waals surface area (Å²) in [6.07, 6.45) is 1.12. The van der Waals surface area contributed by atoms with Crippen molar-refractivity contribution in [3.05, 3.63) is 45.5 Å². The van der Waals surface area contributed by atoms with Crippen molar-refractivity contribution in [2.24, 2.45) is 0 Å². The van der Waals surface area contributed by atoms with E-state index in [9.17, 15) is 23.7 Å². The third kappa shape index (κ3) is 2.38. The van der Waals surface area contributed by atoms with E-state index in [4.69, 9.17) is 5.11 Å². The Labute approximate surface area is 87.8 Å². The Bertz CT molecular complexity index is 485. The molecule has 16 heavy (non-hydrogen) atoms. The van der Waals surface area contributed by atoms with Gasteiger partial charge in [0.05, 0.1) is 10.5 Å². The Morgan fingerprint density at radius 2 is 2.06 bits per heavy atom. The molecule has 0 bridgehead atoms. The highest BCUT2D eigenvalue weighted by atomic mass is 19.1. The van der Waals surface area contributed by atoms with Crippen LogP contribution in [0.5, 0.6) is 0 Å². The smallest absolute Gasteiger partial charge is 0.328 e. The molecule has 0 saturated carbocycles. The van der Waals surface area contributed by atoms with Crippen LogP contribution in [0.25, 0.3) is 6.08 Å². The summed E-state index contributed by atoms with van der Waals surface area (Å²) in [4.78, 5) is 19.5. The van der Waals surface area contributed by atoms with E-state index in [2.05, 4.69) is 0 Å². The average molecular weight is 229 g/mol. The second-order valence-electron chi connectivity index (χ2n) is 2.72. The van der Waals surface area contributed by atoms with Gasteiger partial charge in [-0.3, -0.25) is 10.1 Å². The van der Waals surface area contributed by atoms with Gasteiger partial charge >= 0.3 is 11.7 Å². The molecule has 0 amide bonds. The van der Waals surface area contributed by atoms with Crippen molar-refractivity contribution in [2.45, 2.75) is 0 Å². The second kappa shape index (κ2) is 4.47. The minimum absolute atomic E-state index is 0.491. The molecule has 0 aliphatic rings. The van der Waals surface area contributed by atoms with Crippen molar-refractivity contribution in [1.82, 2.24) is 0 Å². The lowest BCUT2D eigenvalue weighted by molar-refractivity contribution is -0.387. The molecule has 0 fully saturated rings. The molecular weight excluding hydrogens is 224 g/mol. The van der Waals surface area contributed by atoms with E-state index in [1.54, 1.807) is 0 Å². The Kier molecular flexibility index (Phi) is 3.29. The predicted octanol–water partition coefficient (Wildman–Crippen LogP) is 1.97. The van der Waals surface area contributed by atoms with Crippen molar-refractivity contribution < 1.29 is 23.6 Å². The van der Waals surface area contributed by atoms with Gasteiger partial charge in [0, 0.05) is 12.1 Å². The number of nitro benzene ring substituents is 1. The molecule has 5 nitrogen and oxygen atoms in total. The summed E-state index contributed by atoms with van der Waals surface area (Å²) in [7, 11) is 0. The average Bonchev–Trinajstić information content (AvgIpc) is 2.16. The lowest BCUT2D eigenvalue weighted by Gasteiger charge is -1.99. The molecule has 1 aromatic carbocycles. The highest BCUT2D eigenvalue weighted by Crippen LogP contribution is 2.23. The van der Waals surface area contributed by atoms with Crippen LogP contribution in [0.1, 0.15) is 5.56 Å². The fourth-order valence-electron chi connectivity index (χ4n) is 1.01. The maximum absolute atomic E-state index is 13.3. The molecule has 0 radical (unpaired) electrons. The normalized spacial score (nSPS) is 10.6. The van der Waals surface area contributed by atoms with Gasteiger partial charge in [-0.05, 0) is 12.1 Å². The molecule has 1 rings (SSSR count). The van der Waals surface area contributed by atoms with Crippen molar-refractivity contribution in [1.29, 1.82) is 0 Å². The van der Waals surface area contributed by atoms with E-state index in [1.807, 2.05) is 0 Å². The van der Waals surface area contributed by atoms with Crippen LogP contribution in [0.4, 0.5) is 14.5 Å². The summed E-state index contributed by atoms with van der Waals surface area (Å²) in [6, 6.07) is 1.37. The molecule has 0 heterocycles. The van der Waals surface area contributed by atoms with Crippen LogP contribution in [-0.4, -0.2) is 16.0 Å². The number of rotatable bonds is 3. The number of hydrogen-bond acceptors (Lipinski definition) is 3. The van der Waals surface area contributed by atoms with E-state index in [0.717, 1.165) is 0 Å². The number of aliphatic carboxylic acids is 1. The van der Waals surface area contributed by atoms with Crippen molar-refractivity contribution in [3.8, 4) is 0 Å². The molecular formula is C9H5F2NO4. The first-order valence-electron chi connectivity index (χ1n) is 3.97. The Morgan fingerprint density at radius 3 is 2.56 bits per heavy atom. The van der Waals surface area contributed by atoms with Crippen LogP contribution < -0.4 is 0 Å². The molecule has 1 N–H and O–H groups in total. The maximum Gasteiger partial charge on any atom is 0.328 e. The SMILES string of the molecule is O=C(O)/C=C/c1c(F)ccc([N+](=O)[O-])c1F. The largest absolute Gasteiger partial charge is 0.478 e. The monoisotopic (exact) mass is 229 g/mol. The number of benzene rings is 1. The first-order valence-corrected chi connectivity index (χ1v) is 3.97. The summed E-state index contributed by atoms with van der Waals surface area (Å²) in [6.45, 7) is 0. The molecule has 0 unspecified atom stereocenters. The van der Waals surface area contributed by atoms with Crippen LogP contribution in [0.3, 0.4) is 0 Å². The van der Waals surface area contributed by atoms with E-state index in [-0.39, 0.29) is 0 Å². The number of halogens is 2. The van der Waals surface area contributed by atoms with Gasteiger partial charge in [0.2, 0.25) is 5.82 Å². The summed E-state index contributed by atoms with van der Waals surface area (Å²) in [5.41, 5.74) is -1.66. The van der Waals surface area contributed by atoms with E-state index < -0.39 is 33.8 Å². The molecule has 0 aliphatic carbocycles. The third-order valence-corrected chi connectivity index (χ3v) is 1.70. The molecule has 0 saturated heterocycles. The third-order valence-electron chi connectivity index (χ3n) is 1.70. The van der Waals surface area contributed by atoms with E-state index in [0.29, 0.717) is 24.3 Å². The molecule has 0 spiro atoms. The minimum atomic E-state index is -1.41. The summed E-state index contributed by atoms with van der Waals surface area (Å²) in [5, 5.41) is 18.6. The number of carbonyl (C=O) groups is 1. The van der Waals surface area contributed by atoms with Gasteiger partial charge < -0.3 is 5.11 Å². The van der Waals surface area contributed by atoms with Crippen molar-refractivity contribution in [2.75, 3.05) is 0 Å². The van der Waals surface area contributed by atoms with Gasteiger partial charge in [-0.25, -0.2) is 9.18 Å². The standard InChI is InChI=1S/C9H5F2NO4/c10-6-2-3-7(12(15)16)9(11)5(6)1-4-8(13)14/h1-4H,(H,13,14)/b4-1+. The zero-order valence-electron chi connectivity index (χ0n) is 7.68. The summed E-state index contributed by atoms with van der Waals surface area (Å²) >= 11 is 0. The first-order chi connectivity index (χ1) is 7.43. The Balaban J connectivity index is 3.32. The number of nitro groups is 1. The highest BCUT2D eigenvalue weighted by molar-refractivity contribution is 5.85. The fourth-order valence-corrected chi connectivity index (χ4v) is 1.01. The molecule has 0 atom stereocenters. The second-order valence-corrected chi connectivity index (χ2v) is 2.72. The van der Waals surface area contributed by atoms with Crippen LogP contribution >= 0.6 is 0 Å². The number of carboxylic acid groups (broad SMARTS) is 1. The lowest BCUT2D eigenvalue weighted by atomic mass is 10.1. The van der Waals surface area contributed by atoms with Gasteiger partial charge in [0.1, 0.15) is 5.82 Å². The molecule has 0 aromatic heterocycles. The van der Waals surface area contributed by atoms with Gasteiger partial charge in [-0.2, -0.15) is 4.39 Å². The van der Waals surface area contributed by atoms with Crippen LogP contribution in [0, 0.1) is 21.7 Å². The van der Waals surface area contributed by atoms with Crippen molar-refractivity contribution >= 4 is 17.7 Å². The minimum Gasteiger partial charge on any atom is -0.478 e. The highest BCUT2D eigenvalue weighted by Gasteiger charge is 2.19. The quantitative estimate of drug-likeness (QED) is 0.488. The van der Waals surface area contributed by atoms with E-state index >= 15 is 0 Å². The van der Waals surface area contributed by atoms with E-state index in [1.165, 1.54) is 0 Å². The maximum atomic E-state index is 13.3. The topological polar surface area (TPSA) is 80.4 Å². The van der Waals surface area contributed by atoms with Gasteiger partial charge in [0.25, 0.3) is 0 Å². The fraction of sp³-hybridized carbons (Fsp3) is 0. The summed E-state index contributed by atoms with van der Waals surface area (Å²) < 4.78 is 26.3. The molecule has 0 aliphatic heterocycles. The van der Waals surface area contributed by atoms with Crippen LogP contribution in [0.15, 0.2) is 18.2 Å². The molecule has 7 heteroatoms. The Morgan fingerprint density at radius 1 is 1.44 bits per heavy atom. The van der Waals surface area contributed by atoms with Crippen molar-refractivity contribution in [3.63, 3.8) is 0 Å². The number of nitrogens with zero attached hydrogens (tertiary/aromatic N) is 1. The van der Waals surface area contributed by atoms with Gasteiger partial charge in [0.15, 0.2) is 0 Å². The summed E-state index contributed by atoms with van der Waals surface area (Å²) in [5.74, 6) is -3.88. The molecule has 1 aromatic rings. The first kappa shape index (κ1) is 11.8. The predicted molar refractivity (Wildman–Crippen MR) is 49.7 cm³/mol. The Hall–Kier alpha value is -2.31. The zero-order chi connectivity index (χ0) is 12.3. The van der Waals surface area contributed by atoms with Crippen LogP contribution in [0.2, 0.25) is 0 Å².